The van der Waals surface area contributed by atoms with Gasteiger partial charge in [-0.1, -0.05) is 56.3 Å². The van der Waals surface area contributed by atoms with Crippen molar-refractivity contribution < 1.29 is 0 Å². The van der Waals surface area contributed by atoms with E-state index in [1.807, 2.05) is 6.07 Å². The molecule has 2 heteroatoms. The molecule has 3 N–H and O–H groups in total. The molecule has 2 unspecified atom stereocenters. The average molecular weight is 232 g/mol. The Morgan fingerprint density at radius 2 is 1.94 bits per heavy atom. The van der Waals surface area contributed by atoms with E-state index in [9.17, 15) is 0 Å². The molecule has 0 radical (unpaired) electrons. The maximum atomic E-state index is 5.70. The van der Waals surface area contributed by atoms with E-state index in [2.05, 4.69) is 50.1 Å². The van der Waals surface area contributed by atoms with Crippen LogP contribution in [-0.4, -0.2) is 6.04 Å². The van der Waals surface area contributed by atoms with Crippen molar-refractivity contribution in [3.8, 4) is 0 Å². The minimum absolute atomic E-state index is 0.273. The highest BCUT2D eigenvalue weighted by Gasteiger charge is 2.20. The molecule has 0 aliphatic rings. The van der Waals surface area contributed by atoms with Crippen molar-refractivity contribution in [3.05, 3.63) is 48.0 Å². The Morgan fingerprint density at radius 3 is 2.41 bits per heavy atom. The first-order valence-corrected chi connectivity index (χ1v) is 6.40. The average Bonchev–Trinajstić information content (AvgIpc) is 2.39. The summed E-state index contributed by atoms with van der Waals surface area (Å²) in [5, 5.41) is 0. The molecule has 17 heavy (non-hydrogen) atoms. The molecular weight excluding hydrogens is 208 g/mol. The van der Waals surface area contributed by atoms with E-state index in [-0.39, 0.29) is 6.04 Å². The van der Waals surface area contributed by atoms with Gasteiger partial charge in [-0.25, -0.2) is 0 Å². The molecule has 0 saturated heterocycles. The molecule has 0 saturated carbocycles. The molecular formula is C15H24N2. The Bertz CT molecular complexity index is 332. The van der Waals surface area contributed by atoms with Crippen molar-refractivity contribution in [2.45, 2.75) is 45.1 Å². The summed E-state index contributed by atoms with van der Waals surface area (Å²) in [5.41, 5.74) is 5.56. The summed E-state index contributed by atoms with van der Waals surface area (Å²) in [6, 6.07) is 10.8. The predicted octanol–water partition coefficient (Wildman–Crippen LogP) is 3.37. The summed E-state index contributed by atoms with van der Waals surface area (Å²) in [6.45, 7) is 8.42. The number of nitrogens with one attached hydrogen (secondary N) is 1. The normalized spacial score (nSPS) is 14.3. The highest BCUT2D eigenvalue weighted by atomic mass is 15.2. The lowest BCUT2D eigenvalue weighted by molar-refractivity contribution is 0.424. The largest absolute Gasteiger partial charge is 0.271 e. The van der Waals surface area contributed by atoms with E-state index in [1.165, 1.54) is 11.1 Å². The van der Waals surface area contributed by atoms with E-state index >= 15 is 0 Å². The molecule has 2 nitrogen and oxygen atoms in total. The molecule has 0 aromatic heterocycles. The zero-order chi connectivity index (χ0) is 12.7. The van der Waals surface area contributed by atoms with Gasteiger partial charge in [0, 0.05) is 12.0 Å². The number of hydrazine groups is 1. The van der Waals surface area contributed by atoms with Crippen LogP contribution in [0.1, 0.15) is 44.6 Å². The number of rotatable bonds is 7. The second-order valence-electron chi connectivity index (χ2n) is 4.51. The van der Waals surface area contributed by atoms with Crippen LogP contribution in [0.25, 0.3) is 0 Å². The van der Waals surface area contributed by atoms with Crippen LogP contribution in [0.4, 0.5) is 0 Å². The Balaban J connectivity index is 2.80. The molecule has 2 atom stereocenters. The number of hydrogen-bond donors (Lipinski definition) is 2. The summed E-state index contributed by atoms with van der Waals surface area (Å²) < 4.78 is 0. The van der Waals surface area contributed by atoms with E-state index in [1.54, 1.807) is 0 Å². The Morgan fingerprint density at radius 1 is 1.29 bits per heavy atom. The van der Waals surface area contributed by atoms with E-state index in [4.69, 9.17) is 5.84 Å². The van der Waals surface area contributed by atoms with E-state index in [0.29, 0.717) is 5.92 Å². The zero-order valence-corrected chi connectivity index (χ0v) is 10.9. The Hall–Kier alpha value is -1.12. The maximum absolute atomic E-state index is 5.70. The summed E-state index contributed by atoms with van der Waals surface area (Å²) in [4.78, 5) is 0. The first kappa shape index (κ1) is 13.9. The maximum Gasteiger partial charge on any atom is 0.0316 e. The second kappa shape index (κ2) is 7.25. The third-order valence-electron chi connectivity index (χ3n) is 3.38. The quantitative estimate of drug-likeness (QED) is 0.430. The van der Waals surface area contributed by atoms with Crippen molar-refractivity contribution >= 4 is 0 Å². The fraction of sp³-hybridized carbons (Fsp3) is 0.467. The van der Waals surface area contributed by atoms with Gasteiger partial charge < -0.3 is 0 Å². The van der Waals surface area contributed by atoms with E-state index < -0.39 is 0 Å². The summed E-state index contributed by atoms with van der Waals surface area (Å²) in [5.74, 6) is 6.15. The van der Waals surface area contributed by atoms with Crippen LogP contribution in [0.5, 0.6) is 0 Å². The minimum Gasteiger partial charge on any atom is -0.271 e. The second-order valence-corrected chi connectivity index (χ2v) is 4.51. The smallest absolute Gasteiger partial charge is 0.0316 e. The van der Waals surface area contributed by atoms with Gasteiger partial charge in [0.15, 0.2) is 0 Å². The number of nitrogens with two attached hydrogens (primary N) is 1. The van der Waals surface area contributed by atoms with Crippen molar-refractivity contribution in [1.82, 2.24) is 5.43 Å². The zero-order valence-electron chi connectivity index (χ0n) is 10.9. The Kier molecular flexibility index (Phi) is 5.95. The first-order valence-electron chi connectivity index (χ1n) is 6.40. The van der Waals surface area contributed by atoms with Gasteiger partial charge in [-0.15, -0.1) is 0 Å². The highest BCUT2D eigenvalue weighted by molar-refractivity contribution is 5.22. The van der Waals surface area contributed by atoms with Gasteiger partial charge in [0.2, 0.25) is 0 Å². The topological polar surface area (TPSA) is 38.0 Å². The van der Waals surface area contributed by atoms with Crippen molar-refractivity contribution in [2.75, 3.05) is 0 Å². The third kappa shape index (κ3) is 3.99. The standard InChI is InChI=1S/C15H24N2/c1-4-12(3)11-15(17-16)14(5-2)13-9-7-6-8-10-13/h6-10,14-15,17H,3-5,11,16H2,1-2H3. The molecule has 0 heterocycles. The van der Waals surface area contributed by atoms with Crippen LogP contribution >= 0.6 is 0 Å². The summed E-state index contributed by atoms with van der Waals surface area (Å²) in [6.07, 6.45) is 3.04. The van der Waals surface area contributed by atoms with Crippen LogP contribution in [0.3, 0.4) is 0 Å². The van der Waals surface area contributed by atoms with Crippen molar-refractivity contribution in [1.29, 1.82) is 0 Å². The summed E-state index contributed by atoms with van der Waals surface area (Å²) in [7, 11) is 0. The van der Waals surface area contributed by atoms with Crippen LogP contribution in [0, 0.1) is 0 Å². The van der Waals surface area contributed by atoms with Gasteiger partial charge in [0.1, 0.15) is 0 Å². The Labute approximate surface area is 105 Å². The fourth-order valence-electron chi connectivity index (χ4n) is 2.23. The molecule has 1 aromatic carbocycles. The molecule has 94 valence electrons. The van der Waals surface area contributed by atoms with Crippen LogP contribution in [0.15, 0.2) is 42.5 Å². The number of hydrogen-bond acceptors (Lipinski definition) is 2. The number of benzene rings is 1. The fourth-order valence-corrected chi connectivity index (χ4v) is 2.23. The SMILES string of the molecule is C=C(CC)CC(NN)C(CC)c1ccccc1. The lowest BCUT2D eigenvalue weighted by atomic mass is 9.86. The minimum atomic E-state index is 0.273. The van der Waals surface area contributed by atoms with Gasteiger partial charge in [0.25, 0.3) is 0 Å². The lowest BCUT2D eigenvalue weighted by Crippen LogP contribution is -2.40. The predicted molar refractivity (Wildman–Crippen MR) is 74.6 cm³/mol. The third-order valence-corrected chi connectivity index (χ3v) is 3.38. The van der Waals surface area contributed by atoms with Gasteiger partial charge in [-0.3, -0.25) is 11.3 Å². The molecule has 0 bridgehead atoms. The van der Waals surface area contributed by atoms with Gasteiger partial charge in [0.05, 0.1) is 0 Å². The van der Waals surface area contributed by atoms with Crippen LogP contribution in [0.2, 0.25) is 0 Å². The van der Waals surface area contributed by atoms with E-state index in [0.717, 1.165) is 19.3 Å². The van der Waals surface area contributed by atoms with Gasteiger partial charge in [-0.05, 0) is 24.8 Å². The molecule has 0 aliphatic carbocycles. The molecule has 0 fully saturated rings. The van der Waals surface area contributed by atoms with Gasteiger partial charge in [-0.2, -0.15) is 0 Å². The lowest BCUT2D eigenvalue weighted by Gasteiger charge is -2.26. The van der Waals surface area contributed by atoms with Crippen molar-refractivity contribution in [3.63, 3.8) is 0 Å². The van der Waals surface area contributed by atoms with Crippen LogP contribution in [-0.2, 0) is 0 Å². The van der Waals surface area contributed by atoms with Crippen LogP contribution < -0.4 is 11.3 Å². The molecule has 0 amide bonds. The molecule has 0 spiro atoms. The highest BCUT2D eigenvalue weighted by Crippen LogP contribution is 2.26. The monoisotopic (exact) mass is 232 g/mol. The first-order chi connectivity index (χ1) is 8.22. The molecule has 0 aliphatic heterocycles. The molecule has 1 rings (SSSR count). The van der Waals surface area contributed by atoms with Crippen molar-refractivity contribution in [2.24, 2.45) is 5.84 Å². The molecule has 1 aromatic rings. The van der Waals surface area contributed by atoms with Gasteiger partial charge >= 0.3 is 0 Å². The summed E-state index contributed by atoms with van der Waals surface area (Å²) >= 11 is 0.